The number of nitrogens with zero attached hydrogens (tertiary/aromatic N) is 1. The molecule has 1 N–H and O–H groups in total. The molecule has 112 valence electrons. The van der Waals surface area contributed by atoms with Gasteiger partial charge in [-0.25, -0.2) is 4.98 Å². The van der Waals surface area contributed by atoms with E-state index in [0.717, 1.165) is 27.3 Å². The summed E-state index contributed by atoms with van der Waals surface area (Å²) in [6.45, 7) is 5.78. The van der Waals surface area contributed by atoms with E-state index in [2.05, 4.69) is 22.4 Å². The third-order valence-electron chi connectivity index (χ3n) is 3.55. The number of carbonyl (C=O) groups is 1. The van der Waals surface area contributed by atoms with Crippen molar-refractivity contribution in [3.8, 4) is 10.6 Å². The number of hydrogen-bond donors (Lipinski definition) is 1. The molecule has 0 atom stereocenters. The normalized spacial score (nSPS) is 11.1. The lowest BCUT2D eigenvalue weighted by molar-refractivity contribution is -0.118. The summed E-state index contributed by atoms with van der Waals surface area (Å²) in [7, 11) is 0. The number of rotatable bonds is 3. The van der Waals surface area contributed by atoms with Crippen LogP contribution in [-0.2, 0) is 4.79 Å². The largest absolute Gasteiger partial charge is 0.326 e. The molecular formula is C18H18N2OS. The zero-order valence-electron chi connectivity index (χ0n) is 12.9. The van der Waals surface area contributed by atoms with Crippen molar-refractivity contribution >= 4 is 33.1 Å². The number of amides is 1. The molecule has 1 heterocycles. The van der Waals surface area contributed by atoms with E-state index in [1.54, 1.807) is 11.3 Å². The van der Waals surface area contributed by atoms with Gasteiger partial charge < -0.3 is 5.32 Å². The molecule has 22 heavy (non-hydrogen) atoms. The number of para-hydroxylation sites is 1. The van der Waals surface area contributed by atoms with Crippen molar-refractivity contribution in [2.75, 3.05) is 5.32 Å². The van der Waals surface area contributed by atoms with Crippen molar-refractivity contribution in [2.45, 2.75) is 20.8 Å². The number of thiazole rings is 1. The van der Waals surface area contributed by atoms with Crippen LogP contribution in [0.25, 0.3) is 20.8 Å². The minimum atomic E-state index is -0.0247. The Morgan fingerprint density at radius 3 is 2.64 bits per heavy atom. The Balaban J connectivity index is 1.92. The van der Waals surface area contributed by atoms with Crippen LogP contribution >= 0.6 is 11.3 Å². The molecule has 4 heteroatoms. The maximum Gasteiger partial charge on any atom is 0.226 e. The summed E-state index contributed by atoms with van der Waals surface area (Å²) in [5, 5.41) is 3.96. The van der Waals surface area contributed by atoms with E-state index in [1.807, 2.05) is 51.1 Å². The summed E-state index contributed by atoms with van der Waals surface area (Å²) in [6, 6.07) is 14.2. The number of hydrogen-bond acceptors (Lipinski definition) is 3. The fraction of sp³-hybridized carbons (Fsp3) is 0.222. The first kappa shape index (κ1) is 14.7. The molecule has 3 nitrogen and oxygen atoms in total. The van der Waals surface area contributed by atoms with E-state index in [-0.39, 0.29) is 11.8 Å². The molecule has 0 aliphatic rings. The monoisotopic (exact) mass is 310 g/mol. The van der Waals surface area contributed by atoms with Gasteiger partial charge in [-0.05, 0) is 42.8 Å². The molecule has 2 aromatic carbocycles. The van der Waals surface area contributed by atoms with Crippen LogP contribution in [0.1, 0.15) is 19.4 Å². The van der Waals surface area contributed by atoms with Gasteiger partial charge in [0.1, 0.15) is 5.01 Å². The first-order chi connectivity index (χ1) is 10.5. The highest BCUT2D eigenvalue weighted by atomic mass is 32.1. The molecular weight excluding hydrogens is 292 g/mol. The van der Waals surface area contributed by atoms with Gasteiger partial charge in [0.25, 0.3) is 0 Å². The van der Waals surface area contributed by atoms with Gasteiger partial charge >= 0.3 is 0 Å². The first-order valence-corrected chi connectivity index (χ1v) is 8.13. The highest BCUT2D eigenvalue weighted by Gasteiger charge is 2.11. The standard InChI is InChI=1S/C18H18N2OS/c1-11(2)17(21)19-14-9-8-13(10-12(14)3)18-20-15-6-4-5-7-16(15)22-18/h4-11H,1-3H3,(H,19,21). The van der Waals surface area contributed by atoms with E-state index in [1.165, 1.54) is 4.70 Å². The number of carbonyl (C=O) groups excluding carboxylic acids is 1. The second-order valence-electron chi connectivity index (χ2n) is 5.66. The second-order valence-corrected chi connectivity index (χ2v) is 6.69. The van der Waals surface area contributed by atoms with Gasteiger partial charge in [0.05, 0.1) is 10.2 Å². The zero-order chi connectivity index (χ0) is 15.7. The van der Waals surface area contributed by atoms with E-state index in [9.17, 15) is 4.79 Å². The maximum atomic E-state index is 11.8. The predicted molar refractivity (Wildman–Crippen MR) is 93.3 cm³/mol. The molecule has 0 fully saturated rings. The molecule has 0 unspecified atom stereocenters. The summed E-state index contributed by atoms with van der Waals surface area (Å²) in [6.07, 6.45) is 0. The number of benzene rings is 2. The SMILES string of the molecule is Cc1cc(-c2nc3ccccc3s2)ccc1NC(=O)C(C)C. The first-order valence-electron chi connectivity index (χ1n) is 7.32. The predicted octanol–water partition coefficient (Wildman–Crippen LogP) is 4.87. The average Bonchev–Trinajstić information content (AvgIpc) is 2.93. The van der Waals surface area contributed by atoms with Crippen molar-refractivity contribution in [3.05, 3.63) is 48.0 Å². The third kappa shape index (κ3) is 2.88. The van der Waals surface area contributed by atoms with Crippen LogP contribution < -0.4 is 5.32 Å². The molecule has 0 aliphatic carbocycles. The quantitative estimate of drug-likeness (QED) is 0.750. The van der Waals surface area contributed by atoms with Gasteiger partial charge in [0.15, 0.2) is 0 Å². The van der Waals surface area contributed by atoms with Crippen LogP contribution in [0.3, 0.4) is 0 Å². The molecule has 0 saturated heterocycles. The topological polar surface area (TPSA) is 42.0 Å². The molecule has 0 spiro atoms. The molecule has 0 bridgehead atoms. The Morgan fingerprint density at radius 2 is 1.95 bits per heavy atom. The Kier molecular flexibility index (Phi) is 3.94. The van der Waals surface area contributed by atoms with Crippen molar-refractivity contribution in [1.29, 1.82) is 0 Å². The van der Waals surface area contributed by atoms with Gasteiger partial charge in [-0.1, -0.05) is 26.0 Å². The van der Waals surface area contributed by atoms with Crippen LogP contribution in [0, 0.1) is 12.8 Å². The molecule has 0 aliphatic heterocycles. The Hall–Kier alpha value is -2.20. The van der Waals surface area contributed by atoms with Gasteiger partial charge in [0.2, 0.25) is 5.91 Å². The Bertz CT molecular complexity index is 803. The van der Waals surface area contributed by atoms with Crippen molar-refractivity contribution in [3.63, 3.8) is 0 Å². The fourth-order valence-electron chi connectivity index (χ4n) is 2.21. The zero-order valence-corrected chi connectivity index (χ0v) is 13.7. The summed E-state index contributed by atoms with van der Waals surface area (Å²) in [4.78, 5) is 16.5. The Morgan fingerprint density at radius 1 is 1.18 bits per heavy atom. The molecule has 1 amide bonds. The summed E-state index contributed by atoms with van der Waals surface area (Å²) >= 11 is 1.69. The highest BCUT2D eigenvalue weighted by molar-refractivity contribution is 7.21. The summed E-state index contributed by atoms with van der Waals surface area (Å²) in [5.41, 5.74) is 4.02. The smallest absolute Gasteiger partial charge is 0.226 e. The van der Waals surface area contributed by atoms with Crippen molar-refractivity contribution in [2.24, 2.45) is 5.92 Å². The lowest BCUT2D eigenvalue weighted by atomic mass is 10.1. The summed E-state index contributed by atoms with van der Waals surface area (Å²) < 4.78 is 1.19. The lowest BCUT2D eigenvalue weighted by Crippen LogP contribution is -2.18. The van der Waals surface area contributed by atoms with Crippen LogP contribution in [0.5, 0.6) is 0 Å². The maximum absolute atomic E-state index is 11.8. The molecule has 3 aromatic rings. The van der Waals surface area contributed by atoms with Gasteiger partial charge in [0, 0.05) is 17.2 Å². The van der Waals surface area contributed by atoms with Crippen LogP contribution in [0.15, 0.2) is 42.5 Å². The van der Waals surface area contributed by atoms with E-state index >= 15 is 0 Å². The molecule has 0 saturated carbocycles. The minimum absolute atomic E-state index is 0.0247. The number of anilines is 1. The molecule has 3 rings (SSSR count). The van der Waals surface area contributed by atoms with Crippen LogP contribution in [-0.4, -0.2) is 10.9 Å². The number of fused-ring (bicyclic) bond motifs is 1. The van der Waals surface area contributed by atoms with E-state index < -0.39 is 0 Å². The van der Waals surface area contributed by atoms with Crippen molar-refractivity contribution in [1.82, 2.24) is 4.98 Å². The average molecular weight is 310 g/mol. The number of aromatic nitrogens is 1. The Labute approximate surface area is 134 Å². The van der Waals surface area contributed by atoms with Crippen molar-refractivity contribution < 1.29 is 4.79 Å². The lowest BCUT2D eigenvalue weighted by Gasteiger charge is -2.11. The molecule has 0 radical (unpaired) electrons. The third-order valence-corrected chi connectivity index (χ3v) is 4.63. The van der Waals surface area contributed by atoms with Gasteiger partial charge in [-0.3, -0.25) is 4.79 Å². The van der Waals surface area contributed by atoms with Gasteiger partial charge in [-0.2, -0.15) is 0 Å². The fourth-order valence-corrected chi connectivity index (χ4v) is 3.17. The highest BCUT2D eigenvalue weighted by Crippen LogP contribution is 2.31. The van der Waals surface area contributed by atoms with Crippen LogP contribution in [0.2, 0.25) is 0 Å². The molecule has 1 aromatic heterocycles. The number of aryl methyl sites for hydroxylation is 1. The van der Waals surface area contributed by atoms with Crippen LogP contribution in [0.4, 0.5) is 5.69 Å². The summed E-state index contributed by atoms with van der Waals surface area (Å²) in [5.74, 6) is 0.0131. The minimum Gasteiger partial charge on any atom is -0.326 e. The van der Waals surface area contributed by atoms with E-state index in [0.29, 0.717) is 0 Å². The number of nitrogens with one attached hydrogen (secondary N) is 1. The van der Waals surface area contributed by atoms with E-state index in [4.69, 9.17) is 0 Å². The van der Waals surface area contributed by atoms with Gasteiger partial charge in [-0.15, -0.1) is 11.3 Å². The second kappa shape index (κ2) is 5.89.